The SMILES string of the molecule is COc1ccc2nccc([C@H](F)CC[C@@H]3CCN(CCSc4ccc(Cl)s4)C[C@H]3CCC(=O)O)c2c1. The van der Waals surface area contributed by atoms with E-state index in [0.29, 0.717) is 30.1 Å². The molecule has 1 N–H and O–H groups in total. The molecule has 0 amide bonds. The number of pyridine rings is 1. The van der Waals surface area contributed by atoms with Crippen LogP contribution in [0.25, 0.3) is 10.9 Å². The van der Waals surface area contributed by atoms with Crippen molar-refractivity contribution in [3.8, 4) is 5.75 Å². The van der Waals surface area contributed by atoms with Crippen LogP contribution in [0.3, 0.4) is 0 Å². The van der Waals surface area contributed by atoms with Gasteiger partial charge in [0.1, 0.15) is 11.9 Å². The smallest absolute Gasteiger partial charge is 0.303 e. The summed E-state index contributed by atoms with van der Waals surface area (Å²) in [5.74, 6) is 1.47. The van der Waals surface area contributed by atoms with Crippen LogP contribution < -0.4 is 4.74 Å². The second-order valence-corrected chi connectivity index (χ2v) is 12.4. The van der Waals surface area contributed by atoms with Crippen molar-refractivity contribution in [3.63, 3.8) is 0 Å². The highest BCUT2D eigenvalue weighted by Crippen LogP contribution is 2.37. The molecule has 3 atom stereocenters. The van der Waals surface area contributed by atoms with Gasteiger partial charge in [-0.25, -0.2) is 4.39 Å². The normalized spacial score (nSPS) is 19.4. The Morgan fingerprint density at radius 1 is 1.31 bits per heavy atom. The number of thiophene rings is 1. The lowest BCUT2D eigenvalue weighted by Crippen LogP contribution is -2.41. The maximum atomic E-state index is 15.5. The van der Waals surface area contributed by atoms with Crippen molar-refractivity contribution in [2.75, 3.05) is 32.5 Å². The van der Waals surface area contributed by atoms with Crippen molar-refractivity contribution < 1.29 is 19.0 Å². The van der Waals surface area contributed by atoms with Crippen molar-refractivity contribution in [2.45, 2.75) is 42.5 Å². The molecule has 0 saturated carbocycles. The molecule has 0 aliphatic carbocycles. The zero-order chi connectivity index (χ0) is 25.5. The second-order valence-electron chi connectivity index (χ2n) is 9.28. The molecule has 2 aromatic heterocycles. The van der Waals surface area contributed by atoms with Crippen molar-refractivity contribution in [1.29, 1.82) is 0 Å². The first-order valence-corrected chi connectivity index (χ1v) is 14.5. The summed E-state index contributed by atoms with van der Waals surface area (Å²) in [5.41, 5.74) is 1.40. The number of carboxylic acid groups (broad SMARTS) is 1. The molecule has 3 heterocycles. The predicted octanol–water partition coefficient (Wildman–Crippen LogP) is 7.34. The Hall–Kier alpha value is -1.87. The molecular weight excluding hydrogens is 519 g/mol. The van der Waals surface area contributed by atoms with Crippen LogP contribution in [0.5, 0.6) is 5.75 Å². The molecule has 1 aliphatic heterocycles. The summed E-state index contributed by atoms with van der Waals surface area (Å²) in [7, 11) is 1.60. The lowest BCUT2D eigenvalue weighted by Gasteiger charge is -2.39. The number of carbonyl (C=O) groups is 1. The number of hydrogen-bond donors (Lipinski definition) is 1. The summed E-state index contributed by atoms with van der Waals surface area (Å²) in [6.07, 6.45) is 3.48. The fraction of sp³-hybridized carbons (Fsp3) is 0.481. The number of aromatic nitrogens is 1. The van der Waals surface area contributed by atoms with Crippen molar-refractivity contribution >= 4 is 51.6 Å². The molecule has 1 aromatic carbocycles. The van der Waals surface area contributed by atoms with Crippen LogP contribution in [-0.2, 0) is 4.79 Å². The first-order chi connectivity index (χ1) is 17.4. The van der Waals surface area contributed by atoms with Gasteiger partial charge in [0.25, 0.3) is 0 Å². The van der Waals surface area contributed by atoms with E-state index in [2.05, 4.69) is 16.0 Å². The average molecular weight is 551 g/mol. The molecule has 1 aliphatic rings. The second kappa shape index (κ2) is 13.1. The molecular formula is C27H32ClFN2O3S2. The summed E-state index contributed by atoms with van der Waals surface area (Å²) in [6.45, 7) is 2.79. The summed E-state index contributed by atoms with van der Waals surface area (Å²) >= 11 is 9.43. The maximum absolute atomic E-state index is 15.5. The Morgan fingerprint density at radius 2 is 2.17 bits per heavy atom. The zero-order valence-corrected chi connectivity index (χ0v) is 22.8. The van der Waals surface area contributed by atoms with E-state index in [1.54, 1.807) is 42.5 Å². The minimum absolute atomic E-state index is 0.158. The van der Waals surface area contributed by atoms with Crippen molar-refractivity contribution in [2.24, 2.45) is 11.8 Å². The highest BCUT2D eigenvalue weighted by molar-refractivity contribution is 8.01. The van der Waals surface area contributed by atoms with Crippen LogP contribution in [0.15, 0.2) is 46.8 Å². The van der Waals surface area contributed by atoms with Gasteiger partial charge in [0.15, 0.2) is 0 Å². The number of fused-ring (bicyclic) bond motifs is 1. The van der Waals surface area contributed by atoms with Gasteiger partial charge in [0.05, 0.1) is 21.2 Å². The number of rotatable bonds is 12. The largest absolute Gasteiger partial charge is 0.497 e. The van der Waals surface area contributed by atoms with Gasteiger partial charge < -0.3 is 14.7 Å². The minimum atomic E-state index is -1.10. The van der Waals surface area contributed by atoms with Crippen LogP contribution >= 0.6 is 34.7 Å². The van der Waals surface area contributed by atoms with E-state index < -0.39 is 12.1 Å². The Bertz CT molecular complexity index is 1160. The predicted molar refractivity (Wildman–Crippen MR) is 146 cm³/mol. The van der Waals surface area contributed by atoms with Crippen LogP contribution in [0.1, 0.15) is 43.8 Å². The number of carboxylic acids is 1. The van der Waals surface area contributed by atoms with Crippen LogP contribution in [0.2, 0.25) is 4.34 Å². The first kappa shape index (κ1) is 27.2. The molecule has 0 radical (unpaired) electrons. The van der Waals surface area contributed by atoms with Gasteiger partial charge in [-0.15, -0.1) is 23.1 Å². The standard InChI is InChI=1S/C27H32ClFN2O3S2/c1-34-20-4-6-24-22(16-20)21(10-12-30-24)23(29)5-2-18-11-13-31(17-19(18)3-8-26(32)33)14-15-35-27-9-7-25(28)36-27/h4,6-7,9-10,12,16,18-19,23H,2-3,5,8,11,13-15,17H2,1H3,(H,32,33)/t18-,19-,23-/m1/s1. The fourth-order valence-electron chi connectivity index (χ4n) is 5.09. The van der Waals surface area contributed by atoms with E-state index in [0.717, 1.165) is 53.5 Å². The number of thioether (sulfide) groups is 1. The molecule has 0 unspecified atom stereocenters. The van der Waals surface area contributed by atoms with E-state index in [1.165, 1.54) is 4.21 Å². The van der Waals surface area contributed by atoms with Crippen molar-refractivity contribution in [3.05, 3.63) is 52.5 Å². The quantitative estimate of drug-likeness (QED) is 0.238. The number of likely N-dealkylation sites (tertiary alicyclic amines) is 1. The van der Waals surface area contributed by atoms with Crippen molar-refractivity contribution in [1.82, 2.24) is 9.88 Å². The molecule has 9 heteroatoms. The number of alkyl halides is 1. The molecule has 3 aromatic rings. The summed E-state index contributed by atoms with van der Waals surface area (Å²) in [4.78, 5) is 18.1. The Morgan fingerprint density at radius 3 is 2.92 bits per heavy atom. The molecule has 36 heavy (non-hydrogen) atoms. The number of benzene rings is 1. The van der Waals surface area contributed by atoms with E-state index in [9.17, 15) is 9.90 Å². The van der Waals surface area contributed by atoms with E-state index in [-0.39, 0.29) is 12.3 Å². The molecule has 4 rings (SSSR count). The van der Waals surface area contributed by atoms with Gasteiger partial charge >= 0.3 is 5.97 Å². The molecule has 0 bridgehead atoms. The van der Waals surface area contributed by atoms with Gasteiger partial charge in [0, 0.05) is 36.8 Å². The van der Waals surface area contributed by atoms with E-state index in [4.69, 9.17) is 16.3 Å². The highest BCUT2D eigenvalue weighted by Gasteiger charge is 2.30. The lowest BCUT2D eigenvalue weighted by molar-refractivity contribution is -0.137. The van der Waals surface area contributed by atoms with Gasteiger partial charge in [-0.1, -0.05) is 11.6 Å². The maximum Gasteiger partial charge on any atom is 0.303 e. The molecule has 5 nitrogen and oxygen atoms in total. The summed E-state index contributed by atoms with van der Waals surface area (Å²) in [5, 5.41) is 10.1. The Labute approximate surface area is 225 Å². The Kier molecular flexibility index (Phi) is 9.87. The van der Waals surface area contributed by atoms with Crippen LogP contribution in [0, 0.1) is 11.8 Å². The Balaban J connectivity index is 1.35. The number of ether oxygens (including phenoxy) is 1. The topological polar surface area (TPSA) is 62.7 Å². The summed E-state index contributed by atoms with van der Waals surface area (Å²) in [6, 6.07) is 11.3. The molecule has 1 saturated heterocycles. The van der Waals surface area contributed by atoms with Crippen LogP contribution in [0.4, 0.5) is 4.39 Å². The monoisotopic (exact) mass is 550 g/mol. The zero-order valence-electron chi connectivity index (χ0n) is 20.4. The third kappa shape index (κ3) is 7.34. The fourth-order valence-corrected chi connectivity index (χ4v) is 7.47. The third-order valence-corrected chi connectivity index (χ3v) is 9.45. The minimum Gasteiger partial charge on any atom is -0.497 e. The molecule has 194 valence electrons. The van der Waals surface area contributed by atoms with Crippen LogP contribution in [-0.4, -0.2) is 53.5 Å². The van der Waals surface area contributed by atoms with Gasteiger partial charge in [-0.05, 0) is 86.0 Å². The summed E-state index contributed by atoms with van der Waals surface area (Å²) < 4.78 is 22.9. The average Bonchev–Trinajstić information content (AvgIpc) is 3.30. The number of halogens is 2. The number of hydrogen-bond acceptors (Lipinski definition) is 6. The van der Waals surface area contributed by atoms with Gasteiger partial charge in [0.2, 0.25) is 0 Å². The van der Waals surface area contributed by atoms with E-state index >= 15 is 4.39 Å². The highest BCUT2D eigenvalue weighted by atomic mass is 35.5. The van der Waals surface area contributed by atoms with Gasteiger partial charge in [-0.3, -0.25) is 9.78 Å². The number of nitrogens with zero attached hydrogens (tertiary/aromatic N) is 2. The number of methoxy groups -OCH3 is 1. The lowest BCUT2D eigenvalue weighted by atomic mass is 9.79. The van der Waals surface area contributed by atoms with E-state index in [1.807, 2.05) is 24.3 Å². The van der Waals surface area contributed by atoms with Gasteiger partial charge in [-0.2, -0.15) is 0 Å². The first-order valence-electron chi connectivity index (χ1n) is 12.3. The number of piperidine rings is 1. The molecule has 0 spiro atoms. The molecule has 1 fully saturated rings. The third-order valence-electron chi connectivity index (χ3n) is 7.02. The number of aliphatic carboxylic acids is 1.